The summed E-state index contributed by atoms with van der Waals surface area (Å²) in [6, 6.07) is 5.56. The summed E-state index contributed by atoms with van der Waals surface area (Å²) in [7, 11) is -1.46. The molecule has 2 aliphatic heterocycles. The number of likely N-dealkylation sites (tertiary alicyclic amines) is 1. The molecule has 144 valence electrons. The fraction of sp³-hybridized carbons (Fsp3) is 0.632. The number of amides is 1. The molecule has 1 amide bonds. The highest BCUT2D eigenvalue weighted by molar-refractivity contribution is 7.88. The molecule has 0 aliphatic carbocycles. The molecule has 2 fully saturated rings. The summed E-state index contributed by atoms with van der Waals surface area (Å²) in [4.78, 5) is 14.8. The Morgan fingerprint density at radius 1 is 1.12 bits per heavy atom. The van der Waals surface area contributed by atoms with Crippen molar-refractivity contribution >= 4 is 15.9 Å². The third-order valence-electron chi connectivity index (χ3n) is 5.81. The smallest absolute Gasteiger partial charge is 0.254 e. The Morgan fingerprint density at radius 2 is 1.77 bits per heavy atom. The lowest BCUT2D eigenvalue weighted by atomic mass is 9.84. The second kappa shape index (κ2) is 7.56. The Kier molecular flexibility index (Phi) is 5.58. The third kappa shape index (κ3) is 4.04. The van der Waals surface area contributed by atoms with Gasteiger partial charge >= 0.3 is 0 Å². The van der Waals surface area contributed by atoms with E-state index in [9.17, 15) is 13.2 Å². The molecular weight excluding hydrogens is 352 g/mol. The molecule has 2 aliphatic rings. The average molecular weight is 381 g/mol. The maximum absolute atomic E-state index is 12.9. The number of carbonyl (C=O) groups excluding carboxylic acids is 1. The number of nitrogens with zero attached hydrogens (tertiary/aromatic N) is 2. The van der Waals surface area contributed by atoms with Crippen LogP contribution < -0.4 is 4.74 Å². The van der Waals surface area contributed by atoms with Gasteiger partial charge in [-0.05, 0) is 61.8 Å². The molecule has 26 heavy (non-hydrogen) atoms. The van der Waals surface area contributed by atoms with Crippen LogP contribution in [-0.4, -0.2) is 63.1 Å². The summed E-state index contributed by atoms with van der Waals surface area (Å²) >= 11 is 0. The topological polar surface area (TPSA) is 66.9 Å². The number of hydrogen-bond acceptors (Lipinski definition) is 4. The number of carbonyl (C=O) groups is 1. The van der Waals surface area contributed by atoms with E-state index in [0.717, 1.165) is 49.2 Å². The predicted octanol–water partition coefficient (Wildman–Crippen LogP) is 2.14. The van der Waals surface area contributed by atoms with Gasteiger partial charge < -0.3 is 9.64 Å². The highest BCUT2D eigenvalue weighted by atomic mass is 32.2. The molecule has 0 N–H and O–H groups in total. The molecule has 0 saturated carbocycles. The van der Waals surface area contributed by atoms with Gasteiger partial charge in [0.1, 0.15) is 5.75 Å². The first-order valence-electron chi connectivity index (χ1n) is 9.18. The van der Waals surface area contributed by atoms with Gasteiger partial charge in [-0.2, -0.15) is 0 Å². The van der Waals surface area contributed by atoms with Crippen molar-refractivity contribution in [2.45, 2.75) is 26.2 Å². The molecule has 2 heterocycles. The minimum atomic E-state index is -3.09. The van der Waals surface area contributed by atoms with E-state index in [1.54, 1.807) is 11.4 Å². The van der Waals surface area contributed by atoms with Crippen LogP contribution in [0, 0.1) is 18.8 Å². The van der Waals surface area contributed by atoms with Gasteiger partial charge in [0.2, 0.25) is 10.0 Å². The number of benzene rings is 1. The van der Waals surface area contributed by atoms with E-state index in [4.69, 9.17) is 4.74 Å². The maximum Gasteiger partial charge on any atom is 0.254 e. The quantitative estimate of drug-likeness (QED) is 0.803. The first kappa shape index (κ1) is 19.2. The Bertz CT molecular complexity index is 770. The number of ether oxygens (including phenoxy) is 1. The van der Waals surface area contributed by atoms with E-state index in [-0.39, 0.29) is 5.91 Å². The summed E-state index contributed by atoms with van der Waals surface area (Å²) in [6.07, 6.45) is 4.06. The molecule has 0 spiro atoms. The molecule has 1 aromatic carbocycles. The van der Waals surface area contributed by atoms with Crippen LogP contribution in [-0.2, 0) is 10.0 Å². The first-order valence-corrected chi connectivity index (χ1v) is 11.0. The van der Waals surface area contributed by atoms with Gasteiger partial charge in [0.25, 0.3) is 5.91 Å². The van der Waals surface area contributed by atoms with Gasteiger partial charge in [-0.15, -0.1) is 0 Å². The number of hydrogen-bond donors (Lipinski definition) is 0. The lowest BCUT2D eigenvalue weighted by molar-refractivity contribution is 0.0778. The van der Waals surface area contributed by atoms with Crippen LogP contribution >= 0.6 is 0 Å². The van der Waals surface area contributed by atoms with Crippen molar-refractivity contribution in [2.75, 3.05) is 39.5 Å². The summed E-state index contributed by atoms with van der Waals surface area (Å²) in [5.74, 6) is 1.82. The highest BCUT2D eigenvalue weighted by Gasteiger charge is 2.35. The zero-order valence-corrected chi connectivity index (χ0v) is 16.6. The molecule has 2 saturated heterocycles. The van der Waals surface area contributed by atoms with Crippen molar-refractivity contribution in [1.29, 1.82) is 0 Å². The highest BCUT2D eigenvalue weighted by Crippen LogP contribution is 2.33. The minimum absolute atomic E-state index is 0.0845. The lowest BCUT2D eigenvalue weighted by Crippen LogP contribution is -2.40. The summed E-state index contributed by atoms with van der Waals surface area (Å²) in [6.45, 7) is 4.69. The third-order valence-corrected chi connectivity index (χ3v) is 7.11. The van der Waals surface area contributed by atoms with Crippen molar-refractivity contribution in [1.82, 2.24) is 9.21 Å². The zero-order chi connectivity index (χ0) is 18.9. The van der Waals surface area contributed by atoms with Crippen LogP contribution in [0.5, 0.6) is 5.75 Å². The molecule has 0 bridgehead atoms. The van der Waals surface area contributed by atoms with Gasteiger partial charge in [0, 0.05) is 31.7 Å². The Balaban J connectivity index is 1.60. The number of methoxy groups -OCH3 is 1. The van der Waals surface area contributed by atoms with E-state index < -0.39 is 10.0 Å². The second-order valence-corrected chi connectivity index (χ2v) is 9.46. The van der Waals surface area contributed by atoms with Crippen molar-refractivity contribution in [3.05, 3.63) is 29.3 Å². The number of piperidine rings is 1. The van der Waals surface area contributed by atoms with Crippen LogP contribution in [0.4, 0.5) is 0 Å². The van der Waals surface area contributed by atoms with E-state index in [0.29, 0.717) is 24.9 Å². The Hall–Kier alpha value is -1.60. The van der Waals surface area contributed by atoms with Crippen LogP contribution in [0.25, 0.3) is 0 Å². The van der Waals surface area contributed by atoms with E-state index >= 15 is 0 Å². The fourth-order valence-electron chi connectivity index (χ4n) is 4.21. The Labute approximate surface area is 156 Å². The fourth-order valence-corrected chi connectivity index (χ4v) is 5.08. The van der Waals surface area contributed by atoms with Crippen molar-refractivity contribution in [2.24, 2.45) is 11.8 Å². The molecule has 7 heteroatoms. The Morgan fingerprint density at radius 3 is 2.35 bits per heavy atom. The summed E-state index contributed by atoms with van der Waals surface area (Å²) < 4.78 is 30.1. The van der Waals surface area contributed by atoms with Crippen LogP contribution in [0.1, 0.15) is 35.2 Å². The van der Waals surface area contributed by atoms with Crippen LogP contribution in [0.3, 0.4) is 0 Å². The molecule has 3 rings (SSSR count). The predicted molar refractivity (Wildman–Crippen MR) is 101 cm³/mol. The number of sulfonamides is 1. The molecule has 0 aromatic heterocycles. The van der Waals surface area contributed by atoms with Gasteiger partial charge in [0.15, 0.2) is 0 Å². The van der Waals surface area contributed by atoms with Gasteiger partial charge in [0.05, 0.1) is 13.4 Å². The summed E-state index contributed by atoms with van der Waals surface area (Å²) in [5.41, 5.74) is 1.66. The normalized spacial score (nSPS) is 22.6. The van der Waals surface area contributed by atoms with Gasteiger partial charge in [-0.1, -0.05) is 0 Å². The minimum Gasteiger partial charge on any atom is -0.497 e. The van der Waals surface area contributed by atoms with E-state index in [2.05, 4.69) is 0 Å². The van der Waals surface area contributed by atoms with Crippen molar-refractivity contribution in [3.8, 4) is 5.75 Å². The van der Waals surface area contributed by atoms with Gasteiger partial charge in [-0.25, -0.2) is 12.7 Å². The summed E-state index contributed by atoms with van der Waals surface area (Å²) in [5, 5.41) is 0. The standard InChI is InChI=1S/C19H28N2O4S/c1-14-12-17(25-2)4-5-18(14)19(22)20-9-6-16(13-20)15-7-10-21(11-8-15)26(3,23)24/h4-5,12,15-16H,6-11,13H2,1-3H3. The van der Waals surface area contributed by atoms with Crippen molar-refractivity contribution in [3.63, 3.8) is 0 Å². The number of aryl methyl sites for hydroxylation is 1. The zero-order valence-electron chi connectivity index (χ0n) is 15.8. The van der Waals surface area contributed by atoms with E-state index in [1.165, 1.54) is 6.26 Å². The largest absolute Gasteiger partial charge is 0.497 e. The molecule has 1 unspecified atom stereocenters. The monoisotopic (exact) mass is 380 g/mol. The van der Waals surface area contributed by atoms with Crippen LogP contribution in [0.15, 0.2) is 18.2 Å². The first-order chi connectivity index (χ1) is 12.3. The van der Waals surface area contributed by atoms with Gasteiger partial charge in [-0.3, -0.25) is 4.79 Å². The molecule has 1 aromatic rings. The molecule has 1 atom stereocenters. The van der Waals surface area contributed by atoms with E-state index in [1.807, 2.05) is 30.0 Å². The van der Waals surface area contributed by atoms with Crippen LogP contribution in [0.2, 0.25) is 0 Å². The molecular formula is C19H28N2O4S. The number of rotatable bonds is 4. The van der Waals surface area contributed by atoms with Crippen molar-refractivity contribution < 1.29 is 17.9 Å². The lowest BCUT2D eigenvalue weighted by Gasteiger charge is -2.33. The molecule has 6 nitrogen and oxygen atoms in total. The second-order valence-electron chi connectivity index (χ2n) is 7.48. The average Bonchev–Trinajstić information content (AvgIpc) is 3.10. The SMILES string of the molecule is COc1ccc(C(=O)N2CCC(C3CCN(S(C)(=O)=O)CC3)C2)c(C)c1. The maximum atomic E-state index is 12.9. The molecule has 0 radical (unpaired) electrons.